The lowest BCUT2D eigenvalue weighted by Crippen LogP contribution is -2.61. The summed E-state index contributed by atoms with van der Waals surface area (Å²) < 4.78 is 2.59. The van der Waals surface area contributed by atoms with E-state index in [1.54, 1.807) is 0 Å². The van der Waals surface area contributed by atoms with Crippen LogP contribution in [0, 0.1) is 0 Å². The Labute approximate surface area is 530 Å². The van der Waals surface area contributed by atoms with Gasteiger partial charge in [-0.05, 0) is 182 Å². The first-order valence-corrected chi connectivity index (χ1v) is 33.4. The van der Waals surface area contributed by atoms with Crippen molar-refractivity contribution in [2.75, 3.05) is 19.6 Å². The van der Waals surface area contributed by atoms with E-state index < -0.39 is 0 Å². The van der Waals surface area contributed by atoms with Crippen LogP contribution in [0.2, 0.25) is 0 Å². The van der Waals surface area contributed by atoms with Gasteiger partial charge in [0.2, 0.25) is 0 Å². The molecule has 0 amide bonds. The van der Waals surface area contributed by atoms with Crippen molar-refractivity contribution < 1.29 is 0 Å². The predicted octanol–water partition coefficient (Wildman–Crippen LogP) is 21.8. The fourth-order valence-corrected chi connectivity index (χ4v) is 16.7. The molecule has 0 saturated heterocycles. The lowest BCUT2D eigenvalue weighted by molar-refractivity contribution is 0.195. The standard InChI is InChI=1S/C82H89BN4S/c1-76(2,3)52-27-35-57(36-28-52)84(58-37-29-53(30-38-58)77(4,5)6)61-50-71-74-72(51-61)86(69-25-22-24-63-62-23-18-19-26-73(62)88-75(63)69)70-49-60(87-67-43-33-55(79(10,11)12)47-64(67)81(16)45-20-21-46-82(81,87)17)41-42-65(70)83(74)66-48-56(80(13,14)15)34-44-68(66)85(71)59-39-31-54(32-40-59)78(7,8)9/h18-19,22-44,47-51H,20-21,45-46H2,1-17H3. The Balaban J connectivity index is 1.12. The maximum absolute atomic E-state index is 2.81. The first kappa shape index (κ1) is 58.2. The van der Waals surface area contributed by atoms with Crippen LogP contribution in [0.5, 0.6) is 0 Å². The van der Waals surface area contributed by atoms with Gasteiger partial charge >= 0.3 is 0 Å². The topological polar surface area (TPSA) is 13.0 Å². The van der Waals surface area contributed by atoms with E-state index in [9.17, 15) is 0 Å². The van der Waals surface area contributed by atoms with Crippen molar-refractivity contribution in [2.45, 2.75) is 181 Å². The van der Waals surface area contributed by atoms with Crippen molar-refractivity contribution in [2.24, 2.45) is 0 Å². The molecule has 10 aromatic rings. The van der Waals surface area contributed by atoms with Gasteiger partial charge in [-0.3, -0.25) is 0 Å². The zero-order chi connectivity index (χ0) is 62.0. The van der Waals surface area contributed by atoms with E-state index in [2.05, 4.69) is 319 Å². The number of rotatable bonds is 6. The van der Waals surface area contributed by atoms with Gasteiger partial charge in [0.15, 0.2) is 0 Å². The van der Waals surface area contributed by atoms with Gasteiger partial charge in [0.05, 0.1) is 21.6 Å². The van der Waals surface area contributed by atoms with Crippen molar-refractivity contribution >= 4 is 117 Å². The molecule has 88 heavy (non-hydrogen) atoms. The number of anilines is 11. The molecule has 1 fully saturated rings. The van der Waals surface area contributed by atoms with Crippen molar-refractivity contribution in [1.82, 2.24) is 0 Å². The van der Waals surface area contributed by atoms with Gasteiger partial charge in [0, 0.05) is 72.1 Å². The molecule has 0 bridgehead atoms. The van der Waals surface area contributed by atoms with Gasteiger partial charge in [0.1, 0.15) is 0 Å². The van der Waals surface area contributed by atoms with E-state index in [4.69, 9.17) is 0 Å². The number of benzene rings is 9. The lowest BCUT2D eigenvalue weighted by atomic mass is 9.33. The van der Waals surface area contributed by atoms with Crippen LogP contribution >= 0.6 is 11.3 Å². The maximum atomic E-state index is 2.81. The van der Waals surface area contributed by atoms with Crippen LogP contribution < -0.4 is 36.0 Å². The van der Waals surface area contributed by atoms with Crippen LogP contribution in [0.3, 0.4) is 0 Å². The maximum Gasteiger partial charge on any atom is 0.252 e. The third-order valence-corrected chi connectivity index (χ3v) is 22.2. The molecule has 4 nitrogen and oxygen atoms in total. The van der Waals surface area contributed by atoms with Gasteiger partial charge in [-0.2, -0.15) is 0 Å². The highest BCUT2D eigenvalue weighted by atomic mass is 32.1. The summed E-state index contributed by atoms with van der Waals surface area (Å²) >= 11 is 1.92. The molecule has 1 aliphatic carbocycles. The molecule has 9 aromatic carbocycles. The smallest absolute Gasteiger partial charge is 0.252 e. The second-order valence-electron chi connectivity index (χ2n) is 31.9. The summed E-state index contributed by atoms with van der Waals surface area (Å²) in [5, 5.41) is 2.59. The second-order valence-corrected chi connectivity index (χ2v) is 32.9. The van der Waals surface area contributed by atoms with E-state index >= 15 is 0 Å². The van der Waals surface area contributed by atoms with Crippen LogP contribution in [0.1, 0.15) is 177 Å². The molecule has 1 aromatic heterocycles. The van der Waals surface area contributed by atoms with Gasteiger partial charge in [-0.15, -0.1) is 11.3 Å². The zero-order valence-corrected chi connectivity index (χ0v) is 56.2. The van der Waals surface area contributed by atoms with E-state index in [0.29, 0.717) is 0 Å². The molecule has 4 heterocycles. The Morgan fingerprint density at radius 1 is 0.398 bits per heavy atom. The van der Waals surface area contributed by atoms with Gasteiger partial charge in [-0.1, -0.05) is 221 Å². The van der Waals surface area contributed by atoms with Gasteiger partial charge < -0.3 is 19.6 Å². The molecule has 446 valence electrons. The summed E-state index contributed by atoms with van der Waals surface area (Å²) in [6.45, 7) is 40.2. The molecule has 2 atom stereocenters. The summed E-state index contributed by atoms with van der Waals surface area (Å²) in [6.07, 6.45) is 4.75. The molecule has 6 heteroatoms. The monoisotopic (exact) mass is 1170 g/mol. The molecule has 0 radical (unpaired) electrons. The highest BCUT2D eigenvalue weighted by Crippen LogP contribution is 2.62. The molecule has 3 aliphatic heterocycles. The Kier molecular flexibility index (Phi) is 13.2. The fraction of sp³-hybridized carbons (Fsp3) is 0.341. The van der Waals surface area contributed by atoms with Gasteiger partial charge in [0.25, 0.3) is 6.71 Å². The summed E-state index contributed by atoms with van der Waals surface area (Å²) in [6, 6.07) is 72.2. The molecule has 0 spiro atoms. The van der Waals surface area contributed by atoms with Crippen molar-refractivity contribution in [3.8, 4) is 0 Å². The summed E-state index contributed by atoms with van der Waals surface area (Å²) in [5.41, 5.74) is 25.1. The second kappa shape index (κ2) is 20.0. The highest BCUT2D eigenvalue weighted by Gasteiger charge is 2.58. The molecule has 1 saturated carbocycles. The number of fused-ring (bicyclic) bond motifs is 10. The average molecular weight is 1170 g/mol. The van der Waals surface area contributed by atoms with E-state index in [-0.39, 0.29) is 44.7 Å². The molecule has 14 rings (SSSR count). The van der Waals surface area contributed by atoms with E-state index in [0.717, 1.165) is 29.2 Å². The Bertz CT molecular complexity index is 4340. The van der Waals surface area contributed by atoms with Crippen molar-refractivity contribution in [3.63, 3.8) is 0 Å². The van der Waals surface area contributed by atoms with E-state index in [1.807, 2.05) is 11.3 Å². The fourth-order valence-electron chi connectivity index (χ4n) is 15.5. The first-order chi connectivity index (χ1) is 41.5. The number of nitrogens with zero attached hydrogens (tertiary/aromatic N) is 4. The Morgan fingerprint density at radius 3 is 1.51 bits per heavy atom. The van der Waals surface area contributed by atoms with Crippen LogP contribution in [-0.2, 0) is 32.5 Å². The quantitative estimate of drug-likeness (QED) is 0.154. The Morgan fingerprint density at radius 2 is 0.909 bits per heavy atom. The van der Waals surface area contributed by atoms with Crippen LogP contribution in [0.25, 0.3) is 20.2 Å². The predicted molar refractivity (Wildman–Crippen MR) is 384 cm³/mol. The van der Waals surface area contributed by atoms with Crippen LogP contribution in [0.4, 0.5) is 62.6 Å². The minimum atomic E-state index is -0.144. The molecular formula is C82H89BN4S. The van der Waals surface area contributed by atoms with Crippen LogP contribution in [-0.4, -0.2) is 12.3 Å². The minimum Gasteiger partial charge on any atom is -0.334 e. The molecule has 4 aliphatic rings. The largest absolute Gasteiger partial charge is 0.334 e. The van der Waals surface area contributed by atoms with Gasteiger partial charge in [-0.25, -0.2) is 0 Å². The molecule has 0 N–H and O–H groups in total. The minimum absolute atomic E-state index is 0.00801. The first-order valence-electron chi connectivity index (χ1n) is 32.6. The third kappa shape index (κ3) is 9.18. The Hall–Kier alpha value is -7.54. The summed E-state index contributed by atoms with van der Waals surface area (Å²) in [4.78, 5) is 10.7. The van der Waals surface area contributed by atoms with E-state index in [1.165, 1.54) is 129 Å². The number of hydrogen-bond donors (Lipinski definition) is 0. The normalized spacial score (nSPS) is 18.3. The highest BCUT2D eigenvalue weighted by molar-refractivity contribution is 7.26. The number of thiophene rings is 1. The molecular weight excluding hydrogens is 1080 g/mol. The van der Waals surface area contributed by atoms with Crippen molar-refractivity contribution in [3.05, 3.63) is 215 Å². The lowest BCUT2D eigenvalue weighted by Gasteiger charge is -2.50. The average Bonchev–Trinajstić information content (AvgIpc) is 1.33. The van der Waals surface area contributed by atoms with Crippen molar-refractivity contribution in [1.29, 1.82) is 0 Å². The summed E-state index contributed by atoms with van der Waals surface area (Å²) in [5.74, 6) is 0. The molecule has 2 unspecified atom stereocenters. The SMILES string of the molecule is CC(C)(C)c1ccc(N(c2ccc(C(C)(C)C)cc2)c2cc3c4c(c2)N(c2cccc5c2sc2ccccc25)c2cc(N5c6ccc(C(C)(C)C)cc6C6(C)CCCCC56C)ccc2B4c2cc(C(C)(C)C)ccc2N3c2ccc(C(C)(C)C)cc2)cc1. The number of hydrogen-bond acceptors (Lipinski definition) is 5. The van der Waals surface area contributed by atoms with Crippen LogP contribution in [0.15, 0.2) is 182 Å². The summed E-state index contributed by atoms with van der Waals surface area (Å²) in [7, 11) is 0. The third-order valence-electron chi connectivity index (χ3n) is 21.0. The zero-order valence-electron chi connectivity index (χ0n) is 55.4.